The fourth-order valence-corrected chi connectivity index (χ4v) is 3.56. The van der Waals surface area contributed by atoms with Gasteiger partial charge in [0.1, 0.15) is 0 Å². The van der Waals surface area contributed by atoms with Gasteiger partial charge in [-0.15, -0.1) is 0 Å². The fourth-order valence-electron chi connectivity index (χ4n) is 3.56. The second-order valence-electron chi connectivity index (χ2n) is 5.70. The second-order valence-corrected chi connectivity index (χ2v) is 5.70. The standard InChI is InChI=1S/C14H28N2/c1-3-15-13-8-10-16(11-9-13)14-7-5-4-6-12(14)2/h12-15H,3-11H2,1-2H3. The zero-order valence-electron chi connectivity index (χ0n) is 11.0. The molecule has 0 aromatic heterocycles. The Kier molecular flexibility index (Phi) is 4.66. The van der Waals surface area contributed by atoms with Gasteiger partial charge >= 0.3 is 0 Å². The minimum absolute atomic E-state index is 0.792. The molecule has 2 unspecified atom stereocenters. The minimum atomic E-state index is 0.792. The van der Waals surface area contributed by atoms with Crippen LogP contribution in [0.5, 0.6) is 0 Å². The van der Waals surface area contributed by atoms with Crippen molar-refractivity contribution in [2.45, 2.75) is 64.5 Å². The van der Waals surface area contributed by atoms with Gasteiger partial charge < -0.3 is 10.2 Å². The number of hydrogen-bond acceptors (Lipinski definition) is 2. The van der Waals surface area contributed by atoms with E-state index in [9.17, 15) is 0 Å². The van der Waals surface area contributed by atoms with Crippen molar-refractivity contribution < 1.29 is 0 Å². The molecule has 1 aliphatic heterocycles. The molecule has 0 aromatic rings. The van der Waals surface area contributed by atoms with Crippen molar-refractivity contribution in [3.8, 4) is 0 Å². The molecule has 1 saturated heterocycles. The molecule has 94 valence electrons. The normalized spacial score (nSPS) is 34.1. The highest BCUT2D eigenvalue weighted by molar-refractivity contribution is 4.85. The third-order valence-electron chi connectivity index (χ3n) is 4.56. The first-order valence-corrected chi connectivity index (χ1v) is 7.28. The zero-order chi connectivity index (χ0) is 11.4. The Balaban J connectivity index is 1.79. The Labute approximate surface area is 101 Å². The molecule has 2 rings (SSSR count). The number of hydrogen-bond donors (Lipinski definition) is 1. The molecule has 1 N–H and O–H groups in total. The van der Waals surface area contributed by atoms with Crippen molar-refractivity contribution in [1.82, 2.24) is 10.2 Å². The van der Waals surface area contributed by atoms with E-state index in [2.05, 4.69) is 24.1 Å². The summed E-state index contributed by atoms with van der Waals surface area (Å²) in [4.78, 5) is 2.78. The van der Waals surface area contributed by atoms with Gasteiger partial charge in [-0.05, 0) is 51.2 Å². The molecule has 1 saturated carbocycles. The molecule has 2 atom stereocenters. The molecule has 2 aliphatic rings. The van der Waals surface area contributed by atoms with Crippen molar-refractivity contribution in [2.75, 3.05) is 19.6 Å². The van der Waals surface area contributed by atoms with Crippen LogP contribution in [-0.4, -0.2) is 36.6 Å². The number of likely N-dealkylation sites (tertiary alicyclic amines) is 1. The molecule has 0 amide bonds. The van der Waals surface area contributed by atoms with Crippen LogP contribution in [0.2, 0.25) is 0 Å². The Hall–Kier alpha value is -0.0800. The van der Waals surface area contributed by atoms with Crippen LogP contribution in [0, 0.1) is 5.92 Å². The van der Waals surface area contributed by atoms with Crippen LogP contribution < -0.4 is 5.32 Å². The van der Waals surface area contributed by atoms with E-state index in [4.69, 9.17) is 0 Å². The van der Waals surface area contributed by atoms with E-state index < -0.39 is 0 Å². The molecule has 16 heavy (non-hydrogen) atoms. The summed E-state index contributed by atoms with van der Waals surface area (Å²) in [5.41, 5.74) is 0. The van der Waals surface area contributed by atoms with Gasteiger partial charge in [-0.3, -0.25) is 0 Å². The smallest absolute Gasteiger partial charge is 0.0121 e. The minimum Gasteiger partial charge on any atom is -0.314 e. The van der Waals surface area contributed by atoms with Crippen LogP contribution in [0.4, 0.5) is 0 Å². The predicted molar refractivity (Wildman–Crippen MR) is 69.7 cm³/mol. The third kappa shape index (κ3) is 2.98. The average Bonchev–Trinajstić information content (AvgIpc) is 2.31. The molecule has 2 nitrogen and oxygen atoms in total. The topological polar surface area (TPSA) is 15.3 Å². The van der Waals surface area contributed by atoms with Gasteiger partial charge in [-0.2, -0.15) is 0 Å². The monoisotopic (exact) mass is 224 g/mol. The van der Waals surface area contributed by atoms with Crippen LogP contribution in [0.25, 0.3) is 0 Å². The molecular formula is C14H28N2. The molecule has 0 aromatic carbocycles. The maximum Gasteiger partial charge on any atom is 0.0121 e. The van der Waals surface area contributed by atoms with Crippen molar-refractivity contribution >= 4 is 0 Å². The summed E-state index contributed by atoms with van der Waals surface area (Å²) in [7, 11) is 0. The summed E-state index contributed by atoms with van der Waals surface area (Å²) in [6, 6.07) is 1.69. The van der Waals surface area contributed by atoms with Crippen LogP contribution in [0.15, 0.2) is 0 Å². The van der Waals surface area contributed by atoms with E-state index in [-0.39, 0.29) is 0 Å². The lowest BCUT2D eigenvalue weighted by Gasteiger charge is -2.42. The van der Waals surface area contributed by atoms with Crippen molar-refractivity contribution in [1.29, 1.82) is 0 Å². The van der Waals surface area contributed by atoms with Gasteiger partial charge in [0.25, 0.3) is 0 Å². The summed E-state index contributed by atoms with van der Waals surface area (Å²) in [5.74, 6) is 0.935. The SMILES string of the molecule is CCNC1CCN(C2CCCCC2C)CC1. The first-order valence-electron chi connectivity index (χ1n) is 7.28. The first-order chi connectivity index (χ1) is 7.81. The lowest BCUT2D eigenvalue weighted by Crippen LogP contribution is -2.49. The predicted octanol–water partition coefficient (Wildman–Crippen LogP) is 2.64. The molecule has 0 bridgehead atoms. The Morgan fingerprint density at radius 2 is 1.75 bits per heavy atom. The number of nitrogens with one attached hydrogen (secondary N) is 1. The number of nitrogens with zero attached hydrogens (tertiary/aromatic N) is 1. The van der Waals surface area contributed by atoms with Gasteiger partial charge in [0.2, 0.25) is 0 Å². The molecular weight excluding hydrogens is 196 g/mol. The molecule has 0 radical (unpaired) electrons. The van der Waals surface area contributed by atoms with Crippen LogP contribution in [0.1, 0.15) is 52.4 Å². The van der Waals surface area contributed by atoms with Crippen molar-refractivity contribution in [3.63, 3.8) is 0 Å². The van der Waals surface area contributed by atoms with Gasteiger partial charge in [-0.1, -0.05) is 26.7 Å². The largest absolute Gasteiger partial charge is 0.314 e. The summed E-state index contributed by atoms with van der Waals surface area (Å²) in [6.07, 6.45) is 8.55. The third-order valence-corrected chi connectivity index (χ3v) is 4.56. The Morgan fingerprint density at radius 1 is 1.06 bits per heavy atom. The number of piperidine rings is 1. The average molecular weight is 224 g/mol. The zero-order valence-corrected chi connectivity index (χ0v) is 11.0. The lowest BCUT2D eigenvalue weighted by atomic mass is 9.84. The molecule has 1 aliphatic carbocycles. The Bertz CT molecular complexity index is 197. The van der Waals surface area contributed by atoms with Gasteiger partial charge in [0.05, 0.1) is 0 Å². The Morgan fingerprint density at radius 3 is 2.38 bits per heavy atom. The lowest BCUT2D eigenvalue weighted by molar-refractivity contribution is 0.0818. The van der Waals surface area contributed by atoms with E-state index >= 15 is 0 Å². The summed E-state index contributed by atoms with van der Waals surface area (Å²) in [5, 5.41) is 3.59. The summed E-state index contributed by atoms with van der Waals surface area (Å²) >= 11 is 0. The highest BCUT2D eigenvalue weighted by Gasteiger charge is 2.29. The van der Waals surface area contributed by atoms with E-state index in [1.807, 2.05) is 0 Å². The van der Waals surface area contributed by atoms with Crippen LogP contribution >= 0.6 is 0 Å². The van der Waals surface area contributed by atoms with E-state index in [1.165, 1.54) is 51.6 Å². The van der Waals surface area contributed by atoms with Crippen LogP contribution in [-0.2, 0) is 0 Å². The molecule has 1 heterocycles. The summed E-state index contributed by atoms with van der Waals surface area (Å²) in [6.45, 7) is 8.46. The van der Waals surface area contributed by atoms with E-state index in [1.54, 1.807) is 0 Å². The number of rotatable bonds is 3. The van der Waals surface area contributed by atoms with Crippen molar-refractivity contribution in [3.05, 3.63) is 0 Å². The molecule has 2 heteroatoms. The van der Waals surface area contributed by atoms with Gasteiger partial charge in [0, 0.05) is 12.1 Å². The summed E-state index contributed by atoms with van der Waals surface area (Å²) < 4.78 is 0. The second kappa shape index (κ2) is 6.02. The molecule has 0 spiro atoms. The fraction of sp³-hybridized carbons (Fsp3) is 1.00. The maximum absolute atomic E-state index is 3.59. The highest BCUT2D eigenvalue weighted by Crippen LogP contribution is 2.29. The van der Waals surface area contributed by atoms with E-state index in [0.29, 0.717) is 0 Å². The quantitative estimate of drug-likeness (QED) is 0.793. The van der Waals surface area contributed by atoms with Crippen molar-refractivity contribution in [2.24, 2.45) is 5.92 Å². The first kappa shape index (κ1) is 12.4. The van der Waals surface area contributed by atoms with Crippen LogP contribution in [0.3, 0.4) is 0 Å². The van der Waals surface area contributed by atoms with Gasteiger partial charge in [-0.25, -0.2) is 0 Å². The molecule has 2 fully saturated rings. The highest BCUT2D eigenvalue weighted by atomic mass is 15.2. The van der Waals surface area contributed by atoms with E-state index in [0.717, 1.165) is 24.5 Å². The van der Waals surface area contributed by atoms with Gasteiger partial charge in [0.15, 0.2) is 0 Å². The maximum atomic E-state index is 3.59.